The first-order chi connectivity index (χ1) is 16.0. The Labute approximate surface area is 190 Å². The van der Waals surface area contributed by atoms with Crippen LogP contribution in [-0.4, -0.2) is 46.3 Å². The lowest BCUT2D eigenvalue weighted by Crippen LogP contribution is -2.50. The zero-order valence-electron chi connectivity index (χ0n) is 18.6. The Morgan fingerprint density at radius 2 is 1.82 bits per heavy atom. The highest BCUT2D eigenvalue weighted by atomic mass is 16.5. The van der Waals surface area contributed by atoms with Crippen molar-refractivity contribution in [1.82, 2.24) is 20.1 Å². The largest absolute Gasteiger partial charge is 0.477 e. The van der Waals surface area contributed by atoms with E-state index in [-0.39, 0.29) is 18.4 Å². The first-order valence-electron chi connectivity index (χ1n) is 10.7. The smallest absolute Gasteiger partial charge is 0.262 e. The van der Waals surface area contributed by atoms with E-state index in [1.54, 1.807) is 22.7 Å². The molecule has 5 rings (SSSR count). The van der Waals surface area contributed by atoms with E-state index in [1.165, 1.54) is 0 Å². The number of ether oxygens (including phenoxy) is 1. The Morgan fingerprint density at radius 3 is 2.58 bits per heavy atom. The molecule has 3 heterocycles. The molecule has 2 aromatic heterocycles. The van der Waals surface area contributed by atoms with E-state index in [4.69, 9.17) is 9.72 Å². The van der Waals surface area contributed by atoms with Gasteiger partial charge in [-0.2, -0.15) is 5.10 Å². The van der Waals surface area contributed by atoms with Crippen molar-refractivity contribution in [2.75, 3.05) is 18.5 Å². The first-order valence-corrected chi connectivity index (χ1v) is 10.7. The van der Waals surface area contributed by atoms with Crippen molar-refractivity contribution in [3.8, 4) is 17.0 Å². The fourth-order valence-corrected chi connectivity index (χ4v) is 4.24. The van der Waals surface area contributed by atoms with Crippen LogP contribution in [0.3, 0.4) is 0 Å². The van der Waals surface area contributed by atoms with Crippen molar-refractivity contribution in [3.05, 3.63) is 71.9 Å². The molecule has 0 bridgehead atoms. The van der Waals surface area contributed by atoms with E-state index in [0.717, 1.165) is 5.56 Å². The summed E-state index contributed by atoms with van der Waals surface area (Å²) in [6, 6.07) is 18.8. The molecule has 4 aromatic rings. The highest BCUT2D eigenvalue weighted by Gasteiger charge is 2.35. The van der Waals surface area contributed by atoms with Gasteiger partial charge < -0.3 is 15.0 Å². The maximum Gasteiger partial charge on any atom is 0.262 e. The molecule has 0 radical (unpaired) electrons. The molecule has 2 amide bonds. The number of rotatable bonds is 3. The molecule has 166 valence electrons. The molecule has 2 aromatic carbocycles. The number of likely N-dealkylation sites (N-methyl/N-ethyl adjacent to an activating group) is 1. The number of fused-ring (bicyclic) bond motifs is 2. The second-order valence-corrected chi connectivity index (χ2v) is 7.93. The topological polar surface area (TPSA) is 89.4 Å². The molecule has 0 fully saturated rings. The fraction of sp³-hybridized carbons (Fsp3) is 0.200. The van der Waals surface area contributed by atoms with Crippen LogP contribution < -0.4 is 15.0 Å². The number of hydrogen-bond acceptors (Lipinski definition) is 5. The van der Waals surface area contributed by atoms with Crippen LogP contribution in [0.15, 0.2) is 60.7 Å². The number of aromatic nitrogens is 3. The van der Waals surface area contributed by atoms with Gasteiger partial charge in [0.2, 0.25) is 0 Å². The van der Waals surface area contributed by atoms with Crippen LogP contribution in [0.5, 0.6) is 5.75 Å². The van der Waals surface area contributed by atoms with E-state index in [2.05, 4.69) is 10.4 Å². The number of carbonyl (C=O) groups excluding carboxylic acids is 2. The second kappa shape index (κ2) is 8.05. The number of benzene rings is 2. The van der Waals surface area contributed by atoms with Gasteiger partial charge in [-0.1, -0.05) is 42.5 Å². The van der Waals surface area contributed by atoms with Crippen LogP contribution in [0.25, 0.3) is 22.3 Å². The first kappa shape index (κ1) is 20.7. The third-order valence-electron chi connectivity index (χ3n) is 5.83. The van der Waals surface area contributed by atoms with Crippen molar-refractivity contribution in [1.29, 1.82) is 0 Å². The monoisotopic (exact) mass is 441 g/mol. The van der Waals surface area contributed by atoms with Crippen LogP contribution in [0.4, 0.5) is 5.69 Å². The standard InChI is InChI=1S/C25H23N5O3/c1-15-22-17(13-18(16-9-5-4-6-10-16)27-23(22)29(3)28-15)25(32)30-14-21(24(31)26-2)33-20-12-8-7-11-19(20)30/h4-13,21H,14H2,1-3H3,(H,26,31). The molecule has 0 aliphatic carbocycles. The fourth-order valence-electron chi connectivity index (χ4n) is 4.24. The summed E-state index contributed by atoms with van der Waals surface area (Å²) in [5, 5.41) is 7.82. The Morgan fingerprint density at radius 1 is 1.09 bits per heavy atom. The zero-order chi connectivity index (χ0) is 23.1. The normalized spacial score (nSPS) is 15.1. The quantitative estimate of drug-likeness (QED) is 0.528. The lowest BCUT2D eigenvalue weighted by molar-refractivity contribution is -0.127. The highest BCUT2D eigenvalue weighted by molar-refractivity contribution is 6.15. The zero-order valence-corrected chi connectivity index (χ0v) is 18.6. The minimum absolute atomic E-state index is 0.0965. The average molecular weight is 441 g/mol. The predicted octanol–water partition coefficient (Wildman–Crippen LogP) is 3.10. The van der Waals surface area contributed by atoms with E-state index < -0.39 is 6.10 Å². The van der Waals surface area contributed by atoms with Crippen LogP contribution in [0, 0.1) is 6.92 Å². The van der Waals surface area contributed by atoms with Gasteiger partial charge in [0.25, 0.3) is 11.8 Å². The Bertz CT molecular complexity index is 1380. The van der Waals surface area contributed by atoms with Gasteiger partial charge in [-0.25, -0.2) is 4.98 Å². The molecule has 0 spiro atoms. The highest BCUT2D eigenvalue weighted by Crippen LogP contribution is 2.36. The average Bonchev–Trinajstić information content (AvgIpc) is 3.15. The molecule has 8 heteroatoms. The van der Waals surface area contributed by atoms with E-state index in [0.29, 0.717) is 39.4 Å². The SMILES string of the molecule is CNC(=O)C1CN(C(=O)c2cc(-c3ccccc3)nc3c2c(C)nn3C)c2ccccc2O1. The van der Waals surface area contributed by atoms with Crippen LogP contribution >= 0.6 is 0 Å². The van der Waals surface area contributed by atoms with Crippen molar-refractivity contribution in [2.45, 2.75) is 13.0 Å². The van der Waals surface area contributed by atoms with Crippen LogP contribution in [-0.2, 0) is 11.8 Å². The van der Waals surface area contributed by atoms with Crippen molar-refractivity contribution < 1.29 is 14.3 Å². The van der Waals surface area contributed by atoms with Gasteiger partial charge >= 0.3 is 0 Å². The maximum absolute atomic E-state index is 14.1. The van der Waals surface area contributed by atoms with Gasteiger partial charge in [-0.05, 0) is 25.1 Å². The summed E-state index contributed by atoms with van der Waals surface area (Å²) < 4.78 is 7.56. The Hall–Kier alpha value is -4.20. The number of para-hydroxylation sites is 2. The third-order valence-corrected chi connectivity index (χ3v) is 5.83. The number of nitrogens with one attached hydrogen (secondary N) is 1. The summed E-state index contributed by atoms with van der Waals surface area (Å²) >= 11 is 0. The summed E-state index contributed by atoms with van der Waals surface area (Å²) in [7, 11) is 3.37. The summed E-state index contributed by atoms with van der Waals surface area (Å²) in [4.78, 5) is 32.8. The number of anilines is 1. The van der Waals surface area contributed by atoms with Gasteiger partial charge in [0, 0.05) is 19.7 Å². The van der Waals surface area contributed by atoms with E-state index in [9.17, 15) is 9.59 Å². The predicted molar refractivity (Wildman–Crippen MR) is 125 cm³/mol. The van der Waals surface area contributed by atoms with Gasteiger partial charge in [-0.3, -0.25) is 14.3 Å². The van der Waals surface area contributed by atoms with Gasteiger partial charge in [0.15, 0.2) is 11.8 Å². The lowest BCUT2D eigenvalue weighted by atomic mass is 10.0. The number of pyridine rings is 1. The molecule has 1 unspecified atom stereocenters. The molecule has 0 saturated heterocycles. The minimum atomic E-state index is -0.810. The molecule has 1 aliphatic heterocycles. The molecule has 1 atom stereocenters. The summed E-state index contributed by atoms with van der Waals surface area (Å²) in [6.07, 6.45) is -0.810. The van der Waals surface area contributed by atoms with Crippen LogP contribution in [0.1, 0.15) is 16.1 Å². The van der Waals surface area contributed by atoms with Crippen LogP contribution in [0.2, 0.25) is 0 Å². The lowest BCUT2D eigenvalue weighted by Gasteiger charge is -2.34. The number of aryl methyl sites for hydroxylation is 2. The third kappa shape index (κ3) is 3.49. The maximum atomic E-state index is 14.1. The van der Waals surface area contributed by atoms with Crippen molar-refractivity contribution in [2.24, 2.45) is 7.05 Å². The van der Waals surface area contributed by atoms with Crippen molar-refractivity contribution >= 4 is 28.5 Å². The molecule has 1 N–H and O–H groups in total. The molecule has 8 nitrogen and oxygen atoms in total. The Kier molecular flexibility index (Phi) is 5.05. The molecule has 0 saturated carbocycles. The number of amides is 2. The minimum Gasteiger partial charge on any atom is -0.477 e. The summed E-state index contributed by atoms with van der Waals surface area (Å²) in [6.45, 7) is 1.96. The molecule has 33 heavy (non-hydrogen) atoms. The van der Waals surface area contributed by atoms with Crippen molar-refractivity contribution in [3.63, 3.8) is 0 Å². The Balaban J connectivity index is 1.69. The number of carbonyl (C=O) groups is 2. The molecular formula is C25H23N5O3. The number of hydrogen-bond donors (Lipinski definition) is 1. The van der Waals surface area contributed by atoms with Gasteiger partial charge in [-0.15, -0.1) is 0 Å². The molecule has 1 aliphatic rings. The summed E-state index contributed by atoms with van der Waals surface area (Å²) in [5.41, 5.74) is 4.03. The van der Waals surface area contributed by atoms with Gasteiger partial charge in [0.1, 0.15) is 5.75 Å². The van der Waals surface area contributed by atoms with E-state index >= 15 is 0 Å². The number of nitrogens with zero attached hydrogens (tertiary/aromatic N) is 4. The molecular weight excluding hydrogens is 418 g/mol. The summed E-state index contributed by atoms with van der Waals surface area (Å²) in [5.74, 6) is -0.0350. The second-order valence-electron chi connectivity index (χ2n) is 7.93. The van der Waals surface area contributed by atoms with Gasteiger partial charge in [0.05, 0.1) is 34.6 Å². The van der Waals surface area contributed by atoms with E-state index in [1.807, 2.05) is 68.6 Å².